The van der Waals surface area contributed by atoms with E-state index < -0.39 is 0 Å². The van der Waals surface area contributed by atoms with E-state index in [1.54, 1.807) is 12.3 Å². The summed E-state index contributed by atoms with van der Waals surface area (Å²) in [6.45, 7) is 10.1. The van der Waals surface area contributed by atoms with E-state index in [0.717, 1.165) is 59.8 Å². The number of halogens is 1. The summed E-state index contributed by atoms with van der Waals surface area (Å²) in [5.74, 6) is 0.641. The van der Waals surface area contributed by atoms with Crippen LogP contribution in [0, 0.1) is 19.7 Å². The first-order valence-corrected chi connectivity index (χ1v) is 10.00. The van der Waals surface area contributed by atoms with E-state index in [-0.39, 0.29) is 5.82 Å². The minimum Gasteiger partial charge on any atom is -0.356 e. The molecule has 3 nitrogen and oxygen atoms in total. The molecule has 146 valence electrons. The normalized spacial score (nSPS) is 10.9. The third kappa shape index (κ3) is 4.06. The molecule has 3 aromatic rings. The maximum atomic E-state index is 14.9. The fourth-order valence-electron chi connectivity index (χ4n) is 3.65. The molecule has 0 saturated carbocycles. The largest absolute Gasteiger partial charge is 0.356 e. The molecule has 0 N–H and O–H groups in total. The van der Waals surface area contributed by atoms with E-state index in [0.29, 0.717) is 5.56 Å². The number of nitrogens with zero attached hydrogens (tertiary/aromatic N) is 3. The van der Waals surface area contributed by atoms with Gasteiger partial charge in [-0.15, -0.1) is 0 Å². The summed E-state index contributed by atoms with van der Waals surface area (Å²) < 4.78 is 14.9. The van der Waals surface area contributed by atoms with Gasteiger partial charge in [-0.05, 0) is 62.1 Å². The molecule has 0 aliphatic carbocycles. The Kier molecular flexibility index (Phi) is 6.40. The highest BCUT2D eigenvalue weighted by atomic mass is 19.1. The molecule has 3 rings (SSSR count). The van der Waals surface area contributed by atoms with E-state index in [2.05, 4.69) is 23.7 Å². The second-order valence-electron chi connectivity index (χ2n) is 7.16. The molecule has 0 aliphatic rings. The zero-order valence-electron chi connectivity index (χ0n) is 17.2. The molecule has 2 aromatic heterocycles. The van der Waals surface area contributed by atoms with Crippen LogP contribution >= 0.6 is 0 Å². The standard InChI is InChI=1S/C24H28FN3/c1-5-14-28(15-6-2)24-23(22-17(3)10-9-11-19(22)25)18(4)16-21(27-24)20-12-7-8-13-26-20/h7-13,16H,5-6,14-15H2,1-4H3. The molecule has 2 heterocycles. The van der Waals surface area contributed by atoms with Crippen molar-refractivity contribution in [1.29, 1.82) is 0 Å². The summed E-state index contributed by atoms with van der Waals surface area (Å²) in [7, 11) is 0. The summed E-state index contributed by atoms with van der Waals surface area (Å²) in [6, 6.07) is 13.1. The number of rotatable bonds is 7. The Balaban J connectivity index is 2.29. The molecule has 4 heteroatoms. The number of benzene rings is 1. The van der Waals surface area contributed by atoms with E-state index in [1.807, 2.05) is 44.2 Å². The summed E-state index contributed by atoms with van der Waals surface area (Å²) >= 11 is 0. The molecule has 0 bridgehead atoms. The van der Waals surface area contributed by atoms with Gasteiger partial charge in [-0.1, -0.05) is 32.0 Å². The van der Waals surface area contributed by atoms with Crippen LogP contribution in [-0.2, 0) is 0 Å². The van der Waals surface area contributed by atoms with Gasteiger partial charge in [0.2, 0.25) is 0 Å². The van der Waals surface area contributed by atoms with Crippen LogP contribution in [-0.4, -0.2) is 23.1 Å². The first-order chi connectivity index (χ1) is 13.6. The van der Waals surface area contributed by atoms with Gasteiger partial charge in [0.25, 0.3) is 0 Å². The van der Waals surface area contributed by atoms with Crippen LogP contribution in [0.2, 0.25) is 0 Å². The predicted molar refractivity (Wildman–Crippen MR) is 115 cm³/mol. The Morgan fingerprint density at radius 1 is 0.857 bits per heavy atom. The molecule has 0 saturated heterocycles. The first-order valence-electron chi connectivity index (χ1n) is 10.00. The topological polar surface area (TPSA) is 29.0 Å². The summed E-state index contributed by atoms with van der Waals surface area (Å²) in [5, 5.41) is 0. The van der Waals surface area contributed by atoms with Crippen LogP contribution in [0.3, 0.4) is 0 Å². The van der Waals surface area contributed by atoms with Crippen molar-refractivity contribution in [2.75, 3.05) is 18.0 Å². The Morgan fingerprint density at radius 3 is 2.21 bits per heavy atom. The maximum absolute atomic E-state index is 14.9. The number of hydrogen-bond acceptors (Lipinski definition) is 3. The summed E-state index contributed by atoms with van der Waals surface area (Å²) in [5.41, 5.74) is 5.12. The Bertz CT molecular complexity index is 912. The number of hydrogen-bond donors (Lipinski definition) is 0. The van der Waals surface area contributed by atoms with Crippen LogP contribution in [0.1, 0.15) is 37.8 Å². The molecule has 1 aromatic carbocycles. The van der Waals surface area contributed by atoms with Gasteiger partial charge < -0.3 is 4.90 Å². The predicted octanol–water partition coefficient (Wildman–Crippen LogP) is 6.19. The van der Waals surface area contributed by atoms with Crippen LogP contribution in [0.5, 0.6) is 0 Å². The second-order valence-corrected chi connectivity index (χ2v) is 7.16. The molecule has 0 unspecified atom stereocenters. The van der Waals surface area contributed by atoms with Gasteiger partial charge in [0.1, 0.15) is 11.6 Å². The second kappa shape index (κ2) is 8.96. The average molecular weight is 378 g/mol. The van der Waals surface area contributed by atoms with Crippen LogP contribution in [0.15, 0.2) is 48.7 Å². The number of pyridine rings is 2. The van der Waals surface area contributed by atoms with E-state index in [4.69, 9.17) is 4.98 Å². The highest BCUT2D eigenvalue weighted by molar-refractivity contribution is 5.83. The van der Waals surface area contributed by atoms with Crippen molar-refractivity contribution < 1.29 is 4.39 Å². The molecule has 0 spiro atoms. The van der Waals surface area contributed by atoms with Crippen molar-refractivity contribution in [3.8, 4) is 22.5 Å². The van der Waals surface area contributed by atoms with Crippen molar-refractivity contribution in [3.05, 3.63) is 65.6 Å². The van der Waals surface area contributed by atoms with Gasteiger partial charge in [-0.3, -0.25) is 4.98 Å². The van der Waals surface area contributed by atoms with E-state index in [9.17, 15) is 4.39 Å². The molecule has 0 aliphatic heterocycles. The minimum atomic E-state index is -0.204. The molecule has 28 heavy (non-hydrogen) atoms. The smallest absolute Gasteiger partial charge is 0.137 e. The summed E-state index contributed by atoms with van der Waals surface area (Å²) in [4.78, 5) is 11.7. The van der Waals surface area contributed by atoms with Crippen molar-refractivity contribution in [3.63, 3.8) is 0 Å². The molecule has 0 amide bonds. The van der Waals surface area contributed by atoms with Crippen LogP contribution in [0.4, 0.5) is 10.2 Å². The molecular weight excluding hydrogens is 349 g/mol. The van der Waals surface area contributed by atoms with E-state index >= 15 is 0 Å². The highest BCUT2D eigenvalue weighted by Crippen LogP contribution is 2.38. The number of aryl methyl sites for hydroxylation is 2. The zero-order valence-corrected chi connectivity index (χ0v) is 17.2. The Hall–Kier alpha value is -2.75. The van der Waals surface area contributed by atoms with Gasteiger partial charge in [0.15, 0.2) is 0 Å². The van der Waals surface area contributed by atoms with E-state index in [1.165, 1.54) is 6.07 Å². The van der Waals surface area contributed by atoms with Gasteiger partial charge in [0.05, 0.1) is 11.4 Å². The third-order valence-electron chi connectivity index (χ3n) is 4.88. The SMILES string of the molecule is CCCN(CCC)c1nc(-c2ccccn2)cc(C)c1-c1c(C)cccc1F. The van der Waals surface area contributed by atoms with Gasteiger partial charge >= 0.3 is 0 Å². The van der Waals surface area contributed by atoms with Gasteiger partial charge in [-0.2, -0.15) is 0 Å². The van der Waals surface area contributed by atoms with Crippen molar-refractivity contribution in [2.24, 2.45) is 0 Å². The molecular formula is C24H28FN3. The third-order valence-corrected chi connectivity index (χ3v) is 4.88. The first kappa shape index (κ1) is 20.0. The lowest BCUT2D eigenvalue weighted by molar-refractivity contribution is 0.629. The van der Waals surface area contributed by atoms with Crippen LogP contribution < -0.4 is 4.90 Å². The maximum Gasteiger partial charge on any atom is 0.137 e. The van der Waals surface area contributed by atoms with Crippen LogP contribution in [0.25, 0.3) is 22.5 Å². The zero-order chi connectivity index (χ0) is 20.1. The lowest BCUT2D eigenvalue weighted by atomic mass is 9.95. The van der Waals surface area contributed by atoms with Gasteiger partial charge in [0, 0.05) is 30.4 Å². The highest BCUT2D eigenvalue weighted by Gasteiger charge is 2.21. The Morgan fingerprint density at radius 2 is 1.61 bits per heavy atom. The van der Waals surface area contributed by atoms with Gasteiger partial charge in [-0.25, -0.2) is 9.37 Å². The lowest BCUT2D eigenvalue weighted by Crippen LogP contribution is -2.27. The fraction of sp³-hybridized carbons (Fsp3) is 0.333. The Labute approximate surface area is 167 Å². The van der Waals surface area contributed by atoms with Crippen molar-refractivity contribution in [2.45, 2.75) is 40.5 Å². The fourth-order valence-corrected chi connectivity index (χ4v) is 3.65. The molecule has 0 fully saturated rings. The average Bonchev–Trinajstić information content (AvgIpc) is 2.69. The van der Waals surface area contributed by atoms with Crippen molar-refractivity contribution >= 4 is 5.82 Å². The number of anilines is 1. The molecule has 0 radical (unpaired) electrons. The number of aromatic nitrogens is 2. The quantitative estimate of drug-likeness (QED) is 0.491. The minimum absolute atomic E-state index is 0.204. The lowest BCUT2D eigenvalue weighted by Gasteiger charge is -2.27. The van der Waals surface area contributed by atoms with Crippen molar-refractivity contribution in [1.82, 2.24) is 9.97 Å². The molecule has 0 atom stereocenters. The monoisotopic (exact) mass is 377 g/mol. The summed E-state index contributed by atoms with van der Waals surface area (Å²) in [6.07, 6.45) is 3.78.